The molecule has 206 valence electrons. The van der Waals surface area contributed by atoms with Crippen molar-refractivity contribution in [1.29, 1.82) is 0 Å². The minimum absolute atomic E-state index is 0.0941. The van der Waals surface area contributed by atoms with E-state index in [4.69, 9.17) is 0 Å². The van der Waals surface area contributed by atoms with Crippen LogP contribution in [0.5, 0.6) is 0 Å². The topological polar surface area (TPSA) is 119 Å². The van der Waals surface area contributed by atoms with Gasteiger partial charge in [0.15, 0.2) is 0 Å². The van der Waals surface area contributed by atoms with E-state index in [9.17, 15) is 29.4 Å². The Bertz CT molecular complexity index is 1410. The zero-order chi connectivity index (χ0) is 28.8. The number of rotatable bonds is 11. The minimum atomic E-state index is -1.18. The highest BCUT2D eigenvalue weighted by Crippen LogP contribution is 2.30. The van der Waals surface area contributed by atoms with E-state index in [1.807, 2.05) is 60.7 Å². The van der Waals surface area contributed by atoms with Gasteiger partial charge in [-0.3, -0.25) is 18.7 Å². The molecule has 0 fully saturated rings. The average molecular weight is 577 g/mol. The summed E-state index contributed by atoms with van der Waals surface area (Å²) in [5, 5.41) is 19.3. The van der Waals surface area contributed by atoms with E-state index >= 15 is 0 Å². The first-order chi connectivity index (χ1) is 19.2. The fraction of sp³-hybridized carbons (Fsp3) is 0.200. The zero-order valence-corrected chi connectivity index (χ0v) is 23.5. The van der Waals surface area contributed by atoms with Crippen molar-refractivity contribution in [3.05, 3.63) is 96.6 Å². The molecule has 0 saturated carbocycles. The number of benzene rings is 2. The molecule has 4 rings (SSSR count). The Kier molecular flexibility index (Phi) is 9.34. The van der Waals surface area contributed by atoms with Crippen molar-refractivity contribution in [1.82, 2.24) is 9.13 Å². The molecule has 0 aliphatic carbocycles. The summed E-state index contributed by atoms with van der Waals surface area (Å²) in [6, 6.07) is 21.5. The number of hydrogen-bond donors (Lipinski definition) is 2. The van der Waals surface area contributed by atoms with Crippen LogP contribution < -0.4 is 0 Å². The summed E-state index contributed by atoms with van der Waals surface area (Å²) in [5.74, 6) is -3.17. The maximum Gasteiger partial charge on any atom is 0.352 e. The molecule has 8 nitrogen and oxygen atoms in total. The number of nitrogens with zero attached hydrogens (tertiary/aromatic N) is 2. The molecular weight excluding hydrogens is 548 g/mol. The van der Waals surface area contributed by atoms with Crippen LogP contribution in [-0.4, -0.2) is 54.6 Å². The lowest BCUT2D eigenvalue weighted by Gasteiger charge is -2.14. The molecule has 2 aromatic heterocycles. The Hall–Kier alpha value is -4.02. The highest BCUT2D eigenvalue weighted by Gasteiger charge is 2.25. The van der Waals surface area contributed by atoms with Gasteiger partial charge in [0.1, 0.15) is 11.4 Å². The van der Waals surface area contributed by atoms with Crippen LogP contribution in [0.15, 0.2) is 85.2 Å². The highest BCUT2D eigenvalue weighted by atomic mass is 33.1. The van der Waals surface area contributed by atoms with E-state index in [0.717, 1.165) is 11.1 Å². The van der Waals surface area contributed by atoms with Gasteiger partial charge in [0.25, 0.3) is 0 Å². The third kappa shape index (κ3) is 6.57. The molecule has 4 aromatic rings. The molecule has 0 radical (unpaired) electrons. The first-order valence-electron chi connectivity index (χ1n) is 12.5. The lowest BCUT2D eigenvalue weighted by atomic mass is 10.1. The third-order valence-corrected chi connectivity index (χ3v) is 9.09. The summed E-state index contributed by atoms with van der Waals surface area (Å²) in [5.41, 5.74) is 2.74. The monoisotopic (exact) mass is 576 g/mol. The molecule has 0 bridgehead atoms. The van der Waals surface area contributed by atoms with E-state index in [0.29, 0.717) is 22.6 Å². The van der Waals surface area contributed by atoms with Gasteiger partial charge in [-0.2, -0.15) is 0 Å². The molecule has 2 aromatic carbocycles. The Labute approximate surface area is 239 Å². The number of hydrogen-bond acceptors (Lipinski definition) is 6. The summed E-state index contributed by atoms with van der Waals surface area (Å²) in [4.78, 5) is 49.9. The number of carboxylic acid groups (broad SMARTS) is 2. The van der Waals surface area contributed by atoms with Gasteiger partial charge in [-0.1, -0.05) is 96.1 Å². The highest BCUT2D eigenvalue weighted by molar-refractivity contribution is 8.76. The maximum atomic E-state index is 13.1. The van der Waals surface area contributed by atoms with Crippen molar-refractivity contribution in [3.8, 4) is 22.3 Å². The van der Waals surface area contributed by atoms with Gasteiger partial charge in [-0.15, -0.1) is 0 Å². The molecule has 2 atom stereocenters. The molecule has 2 heterocycles. The number of carbonyl (C=O) groups is 4. The first-order valence-corrected chi connectivity index (χ1v) is 15.0. The van der Waals surface area contributed by atoms with Crippen LogP contribution >= 0.6 is 21.6 Å². The van der Waals surface area contributed by atoms with Crippen molar-refractivity contribution in [2.75, 3.05) is 11.5 Å². The second kappa shape index (κ2) is 12.9. The third-order valence-electron chi connectivity index (χ3n) is 6.33. The lowest BCUT2D eigenvalue weighted by molar-refractivity contribution is 0.0663. The van der Waals surface area contributed by atoms with E-state index in [1.165, 1.54) is 42.9 Å². The molecule has 10 heteroatoms. The van der Waals surface area contributed by atoms with Gasteiger partial charge in [0.2, 0.25) is 11.8 Å². The lowest BCUT2D eigenvalue weighted by Crippen LogP contribution is -2.24. The Morgan fingerprint density at radius 3 is 1.30 bits per heavy atom. The summed E-state index contributed by atoms with van der Waals surface area (Å²) in [6.45, 7) is 3.48. The molecule has 2 unspecified atom stereocenters. The molecule has 0 aliphatic rings. The van der Waals surface area contributed by atoms with Crippen LogP contribution in [0, 0.1) is 11.8 Å². The maximum absolute atomic E-state index is 13.1. The normalized spacial score (nSPS) is 12.6. The first kappa shape index (κ1) is 29.0. The summed E-state index contributed by atoms with van der Waals surface area (Å²) >= 11 is 0. The SMILES string of the molecule is CC(CSSCC(C)C(=O)n1cc(-c2ccccc2)cc1C(=O)O)C(=O)n1cc(-c2ccccc2)cc1C(=O)O. The number of carbonyl (C=O) groups excluding carboxylic acids is 2. The zero-order valence-electron chi connectivity index (χ0n) is 21.9. The van der Waals surface area contributed by atoms with Crippen molar-refractivity contribution in [2.24, 2.45) is 11.8 Å². The van der Waals surface area contributed by atoms with Gasteiger partial charge in [-0.25, -0.2) is 9.59 Å². The van der Waals surface area contributed by atoms with Crippen LogP contribution in [0.3, 0.4) is 0 Å². The largest absolute Gasteiger partial charge is 0.477 e. The van der Waals surface area contributed by atoms with E-state index < -0.39 is 23.8 Å². The van der Waals surface area contributed by atoms with Crippen LogP contribution in [0.1, 0.15) is 44.4 Å². The van der Waals surface area contributed by atoms with Crippen molar-refractivity contribution < 1.29 is 29.4 Å². The minimum Gasteiger partial charge on any atom is -0.477 e. The molecule has 0 aliphatic heterocycles. The molecule has 40 heavy (non-hydrogen) atoms. The van der Waals surface area contributed by atoms with Crippen LogP contribution in [-0.2, 0) is 0 Å². The van der Waals surface area contributed by atoms with Gasteiger partial charge in [0, 0.05) is 46.9 Å². The fourth-order valence-electron chi connectivity index (χ4n) is 4.11. The Morgan fingerprint density at radius 2 is 0.975 bits per heavy atom. The Balaban J connectivity index is 1.36. The van der Waals surface area contributed by atoms with E-state index in [1.54, 1.807) is 26.2 Å². The molecule has 0 saturated heterocycles. The van der Waals surface area contributed by atoms with Crippen LogP contribution in [0.4, 0.5) is 0 Å². The van der Waals surface area contributed by atoms with Gasteiger partial charge in [-0.05, 0) is 23.3 Å². The summed E-state index contributed by atoms with van der Waals surface area (Å²) < 4.78 is 2.38. The second-order valence-electron chi connectivity index (χ2n) is 9.36. The van der Waals surface area contributed by atoms with Gasteiger partial charge >= 0.3 is 11.9 Å². The summed E-state index contributed by atoms with van der Waals surface area (Å²) in [6.07, 6.45) is 3.11. The van der Waals surface area contributed by atoms with Crippen LogP contribution in [0.2, 0.25) is 0 Å². The van der Waals surface area contributed by atoms with E-state index in [2.05, 4.69) is 0 Å². The summed E-state index contributed by atoms with van der Waals surface area (Å²) in [7, 11) is 2.83. The average Bonchev–Trinajstić information content (AvgIpc) is 3.61. The fourth-order valence-corrected chi connectivity index (χ4v) is 6.80. The Morgan fingerprint density at radius 1 is 0.625 bits per heavy atom. The standard InChI is InChI=1S/C30H28N2O6S2/c1-19(27(33)31-15-23(13-25(31)29(35)36)21-9-5-3-6-10-21)17-39-40-18-20(2)28(34)32-16-24(14-26(32)30(37)38)22-11-7-4-8-12-22/h3-16,19-20H,17-18H2,1-2H3,(H,35,36)(H,37,38). The predicted octanol–water partition coefficient (Wildman–Crippen LogP) is 6.65. The second-order valence-corrected chi connectivity index (χ2v) is 11.9. The molecular formula is C30H28N2O6S2. The molecule has 0 spiro atoms. The van der Waals surface area contributed by atoms with Gasteiger partial charge < -0.3 is 10.2 Å². The number of aromatic carboxylic acids is 2. The number of carboxylic acids is 2. The number of aromatic nitrogens is 2. The molecule has 2 N–H and O–H groups in total. The van der Waals surface area contributed by atoms with Crippen molar-refractivity contribution in [3.63, 3.8) is 0 Å². The van der Waals surface area contributed by atoms with Crippen molar-refractivity contribution in [2.45, 2.75) is 13.8 Å². The predicted molar refractivity (Wildman–Crippen MR) is 158 cm³/mol. The van der Waals surface area contributed by atoms with E-state index in [-0.39, 0.29) is 23.2 Å². The van der Waals surface area contributed by atoms with Crippen LogP contribution in [0.25, 0.3) is 22.3 Å². The quantitative estimate of drug-likeness (QED) is 0.150. The van der Waals surface area contributed by atoms with Gasteiger partial charge in [0.05, 0.1) is 0 Å². The van der Waals surface area contributed by atoms with Crippen molar-refractivity contribution >= 4 is 45.3 Å². The smallest absolute Gasteiger partial charge is 0.352 e. The molecule has 0 amide bonds.